The molecule has 138 valence electrons. The molecule has 26 heavy (non-hydrogen) atoms. The molecule has 4 nitrogen and oxygen atoms in total. The average molecular weight is 356 g/mol. The van der Waals surface area contributed by atoms with Gasteiger partial charge in [-0.3, -0.25) is 4.79 Å². The summed E-state index contributed by atoms with van der Waals surface area (Å²) in [6, 6.07) is 15.7. The number of halogens is 1. The topological polar surface area (TPSA) is 64.4 Å². The molecule has 0 spiro atoms. The Kier molecular flexibility index (Phi) is 6.01. The second kappa shape index (κ2) is 8.43. The first kappa shape index (κ1) is 18.5. The van der Waals surface area contributed by atoms with Gasteiger partial charge in [0, 0.05) is 25.2 Å². The minimum Gasteiger partial charge on any atom is -0.381 e. The molecule has 2 aromatic rings. The lowest BCUT2D eigenvalue weighted by molar-refractivity contribution is -0.122. The molecule has 2 aromatic carbocycles. The van der Waals surface area contributed by atoms with Crippen molar-refractivity contribution in [3.63, 3.8) is 0 Å². The lowest BCUT2D eigenvalue weighted by atomic mass is 9.74. The third-order valence-corrected chi connectivity index (χ3v) is 5.14. The standard InChI is InChI=1S/C21H25FN2O2/c22-18-8-6-17(7-9-18)21(10-12-26-13-11-21)15-24-20(25)19(23)14-16-4-2-1-3-5-16/h1-9,19H,10-15,23H2,(H,24,25)/t19-/m0/s1. The normalized spacial score (nSPS) is 17.5. The van der Waals surface area contributed by atoms with E-state index in [1.807, 2.05) is 30.3 Å². The van der Waals surface area contributed by atoms with Crippen molar-refractivity contribution in [2.24, 2.45) is 5.73 Å². The van der Waals surface area contributed by atoms with Crippen molar-refractivity contribution < 1.29 is 13.9 Å². The van der Waals surface area contributed by atoms with Crippen molar-refractivity contribution in [2.75, 3.05) is 19.8 Å². The summed E-state index contributed by atoms with van der Waals surface area (Å²) in [5.74, 6) is -0.424. The summed E-state index contributed by atoms with van der Waals surface area (Å²) in [5.41, 5.74) is 7.90. The molecule has 1 atom stereocenters. The van der Waals surface area contributed by atoms with Crippen LogP contribution in [0.25, 0.3) is 0 Å². The molecule has 1 aliphatic heterocycles. The molecule has 0 aliphatic carbocycles. The van der Waals surface area contributed by atoms with Crippen molar-refractivity contribution in [3.05, 3.63) is 71.5 Å². The largest absolute Gasteiger partial charge is 0.381 e. The first-order valence-electron chi connectivity index (χ1n) is 9.00. The summed E-state index contributed by atoms with van der Waals surface area (Å²) < 4.78 is 18.8. The Balaban J connectivity index is 1.65. The average Bonchev–Trinajstić information content (AvgIpc) is 2.68. The number of hydrogen-bond donors (Lipinski definition) is 2. The summed E-state index contributed by atoms with van der Waals surface area (Å²) in [4.78, 5) is 12.5. The fourth-order valence-corrected chi connectivity index (χ4v) is 3.48. The maximum atomic E-state index is 13.3. The third kappa shape index (κ3) is 4.48. The number of amides is 1. The van der Waals surface area contributed by atoms with Crippen LogP contribution in [0.3, 0.4) is 0 Å². The highest BCUT2D eigenvalue weighted by molar-refractivity contribution is 5.81. The quantitative estimate of drug-likeness (QED) is 0.836. The number of carbonyl (C=O) groups excluding carboxylic acids is 1. The molecule has 1 aliphatic rings. The van der Waals surface area contributed by atoms with Crippen LogP contribution in [0.5, 0.6) is 0 Å². The first-order chi connectivity index (χ1) is 12.6. The fourth-order valence-electron chi connectivity index (χ4n) is 3.48. The molecule has 3 N–H and O–H groups in total. The van der Waals surface area contributed by atoms with E-state index in [0.29, 0.717) is 26.2 Å². The summed E-state index contributed by atoms with van der Waals surface area (Å²) in [6.45, 7) is 1.73. The molecular formula is C21H25FN2O2. The molecule has 3 rings (SSSR count). The van der Waals surface area contributed by atoms with Crippen LogP contribution in [0.15, 0.2) is 54.6 Å². The zero-order valence-corrected chi connectivity index (χ0v) is 14.8. The van der Waals surface area contributed by atoms with Gasteiger partial charge < -0.3 is 15.8 Å². The predicted molar refractivity (Wildman–Crippen MR) is 99.3 cm³/mol. The molecule has 1 amide bonds. The van der Waals surface area contributed by atoms with Gasteiger partial charge in [-0.1, -0.05) is 42.5 Å². The SMILES string of the molecule is N[C@@H](Cc1ccccc1)C(=O)NCC1(c2ccc(F)cc2)CCOCC1. The van der Waals surface area contributed by atoms with Crippen molar-refractivity contribution in [3.8, 4) is 0 Å². The summed E-state index contributed by atoms with van der Waals surface area (Å²) in [6.07, 6.45) is 2.07. The number of benzene rings is 2. The summed E-state index contributed by atoms with van der Waals surface area (Å²) >= 11 is 0. The smallest absolute Gasteiger partial charge is 0.237 e. The zero-order chi connectivity index (χ0) is 18.4. The van der Waals surface area contributed by atoms with Crippen molar-refractivity contribution >= 4 is 5.91 Å². The van der Waals surface area contributed by atoms with Gasteiger partial charge in [0.05, 0.1) is 6.04 Å². The van der Waals surface area contributed by atoms with Crippen LogP contribution in [0.2, 0.25) is 0 Å². The monoisotopic (exact) mass is 356 g/mol. The van der Waals surface area contributed by atoms with E-state index in [4.69, 9.17) is 10.5 Å². The van der Waals surface area contributed by atoms with E-state index in [2.05, 4.69) is 5.32 Å². The molecule has 0 unspecified atom stereocenters. The summed E-state index contributed by atoms with van der Waals surface area (Å²) in [5, 5.41) is 3.01. The van der Waals surface area contributed by atoms with Gasteiger partial charge in [0.2, 0.25) is 5.91 Å². The second-order valence-corrected chi connectivity index (χ2v) is 6.91. The number of carbonyl (C=O) groups is 1. The highest BCUT2D eigenvalue weighted by Gasteiger charge is 2.35. The van der Waals surface area contributed by atoms with E-state index in [1.54, 1.807) is 12.1 Å². The predicted octanol–water partition coefficient (Wildman–Crippen LogP) is 2.56. The Morgan fingerprint density at radius 2 is 1.77 bits per heavy atom. The summed E-state index contributed by atoms with van der Waals surface area (Å²) in [7, 11) is 0. The van der Waals surface area contributed by atoms with E-state index < -0.39 is 6.04 Å². The molecule has 0 saturated carbocycles. The molecule has 0 radical (unpaired) electrons. The molecule has 0 aromatic heterocycles. The molecular weight excluding hydrogens is 331 g/mol. The number of nitrogens with two attached hydrogens (primary N) is 1. The minimum absolute atomic E-state index is 0.165. The molecule has 5 heteroatoms. The van der Waals surface area contributed by atoms with Gasteiger partial charge in [0.1, 0.15) is 5.82 Å². The fraction of sp³-hybridized carbons (Fsp3) is 0.381. The maximum Gasteiger partial charge on any atom is 0.237 e. The molecule has 1 fully saturated rings. The Morgan fingerprint density at radius 1 is 1.12 bits per heavy atom. The van der Waals surface area contributed by atoms with Crippen molar-refractivity contribution in [2.45, 2.75) is 30.7 Å². The van der Waals surface area contributed by atoms with Gasteiger partial charge in [-0.2, -0.15) is 0 Å². The van der Waals surface area contributed by atoms with E-state index in [0.717, 1.165) is 24.0 Å². The van der Waals surface area contributed by atoms with Crippen molar-refractivity contribution in [1.82, 2.24) is 5.32 Å². The van der Waals surface area contributed by atoms with Crippen LogP contribution in [0.4, 0.5) is 4.39 Å². The van der Waals surface area contributed by atoms with Crippen LogP contribution in [0, 0.1) is 5.82 Å². The maximum absolute atomic E-state index is 13.3. The van der Waals surface area contributed by atoms with E-state index in [1.165, 1.54) is 12.1 Å². The number of ether oxygens (including phenoxy) is 1. The zero-order valence-electron chi connectivity index (χ0n) is 14.8. The lowest BCUT2D eigenvalue weighted by Crippen LogP contribution is -2.49. The number of rotatable bonds is 6. The van der Waals surface area contributed by atoms with Gasteiger partial charge in [0.15, 0.2) is 0 Å². The van der Waals surface area contributed by atoms with Crippen LogP contribution in [-0.4, -0.2) is 31.7 Å². The van der Waals surface area contributed by atoms with E-state index in [9.17, 15) is 9.18 Å². The van der Waals surface area contributed by atoms with E-state index in [-0.39, 0.29) is 17.1 Å². The molecule has 0 bridgehead atoms. The minimum atomic E-state index is -0.595. The second-order valence-electron chi connectivity index (χ2n) is 6.91. The number of nitrogens with one attached hydrogen (secondary N) is 1. The first-order valence-corrected chi connectivity index (χ1v) is 9.00. The van der Waals surface area contributed by atoms with Gasteiger partial charge >= 0.3 is 0 Å². The number of hydrogen-bond acceptors (Lipinski definition) is 3. The molecule has 1 saturated heterocycles. The van der Waals surface area contributed by atoms with E-state index >= 15 is 0 Å². The van der Waals surface area contributed by atoms with Gasteiger partial charge in [0.25, 0.3) is 0 Å². The van der Waals surface area contributed by atoms with Crippen LogP contribution in [0.1, 0.15) is 24.0 Å². The van der Waals surface area contributed by atoms with Gasteiger partial charge in [-0.25, -0.2) is 4.39 Å². The van der Waals surface area contributed by atoms with Gasteiger partial charge in [-0.05, 0) is 42.5 Å². The van der Waals surface area contributed by atoms with Crippen LogP contribution >= 0.6 is 0 Å². The highest BCUT2D eigenvalue weighted by atomic mass is 19.1. The Labute approximate surface area is 153 Å². The molecule has 1 heterocycles. The highest BCUT2D eigenvalue weighted by Crippen LogP contribution is 2.34. The third-order valence-electron chi connectivity index (χ3n) is 5.14. The van der Waals surface area contributed by atoms with Crippen LogP contribution in [-0.2, 0) is 21.4 Å². The van der Waals surface area contributed by atoms with Gasteiger partial charge in [-0.15, -0.1) is 0 Å². The Bertz CT molecular complexity index is 713. The Hall–Kier alpha value is -2.24. The Morgan fingerprint density at radius 3 is 2.42 bits per heavy atom. The van der Waals surface area contributed by atoms with Crippen molar-refractivity contribution in [1.29, 1.82) is 0 Å². The van der Waals surface area contributed by atoms with Crippen LogP contribution < -0.4 is 11.1 Å². The lowest BCUT2D eigenvalue weighted by Gasteiger charge is -2.38.